The van der Waals surface area contributed by atoms with Crippen molar-refractivity contribution in [2.24, 2.45) is 0 Å². The molecule has 0 aliphatic carbocycles. The average molecular weight is 437 g/mol. The third-order valence-corrected chi connectivity index (χ3v) is 9.73. The van der Waals surface area contributed by atoms with Gasteiger partial charge in [-0.2, -0.15) is 8.42 Å². The molecule has 0 heterocycles. The lowest BCUT2D eigenvalue weighted by Gasteiger charge is -2.39. The van der Waals surface area contributed by atoms with Crippen LogP contribution in [-0.4, -0.2) is 13.5 Å². The molecule has 4 aromatic carbocycles. The Bertz CT molecular complexity index is 1110. The molecule has 6 heteroatoms. The van der Waals surface area contributed by atoms with Crippen LogP contribution in [0.4, 0.5) is 0 Å². The summed E-state index contributed by atoms with van der Waals surface area (Å²) < 4.78 is 33.0. The Balaban J connectivity index is 1.99. The molecule has 0 saturated carbocycles. The Labute approximate surface area is 178 Å². The lowest BCUT2D eigenvalue weighted by atomic mass is 10.3. The van der Waals surface area contributed by atoms with Gasteiger partial charge in [-0.1, -0.05) is 54.6 Å². The fourth-order valence-corrected chi connectivity index (χ4v) is 8.39. The van der Waals surface area contributed by atoms with Crippen LogP contribution in [0.15, 0.2) is 135 Å². The van der Waals surface area contributed by atoms with Crippen LogP contribution in [-0.2, 0) is 13.7 Å². The number of phenolic OH excluding ortho intramolecular Hbond substituents is 1. The Hall–Kier alpha value is -3.06. The zero-order chi connectivity index (χ0) is 21.0. The van der Waals surface area contributed by atoms with E-state index in [-0.39, 0.29) is 10.6 Å². The van der Waals surface area contributed by atoms with Gasteiger partial charge in [0.1, 0.15) is 5.75 Å². The van der Waals surface area contributed by atoms with Crippen LogP contribution < -0.4 is 0 Å². The zero-order valence-electron chi connectivity index (χ0n) is 16.0. The molecule has 30 heavy (non-hydrogen) atoms. The number of hydrogen-bond donors (Lipinski definition) is 1. The van der Waals surface area contributed by atoms with E-state index in [0.717, 1.165) is 14.7 Å². The van der Waals surface area contributed by atoms with Crippen LogP contribution in [0.25, 0.3) is 0 Å². The van der Waals surface area contributed by atoms with E-state index in [1.807, 2.05) is 91.0 Å². The summed E-state index contributed by atoms with van der Waals surface area (Å²) in [4.78, 5) is 2.29. The van der Waals surface area contributed by atoms with Crippen LogP contribution >= 0.6 is 10.3 Å². The highest BCUT2D eigenvalue weighted by Gasteiger charge is 2.38. The molecule has 0 aliphatic rings. The minimum absolute atomic E-state index is 0.0123. The summed E-state index contributed by atoms with van der Waals surface area (Å²) in [5, 5.41) is 9.56. The van der Waals surface area contributed by atoms with Gasteiger partial charge in [-0.25, -0.2) is 3.63 Å². The predicted octanol–water partition coefficient (Wildman–Crippen LogP) is 5.99. The van der Waals surface area contributed by atoms with Crippen molar-refractivity contribution in [1.82, 2.24) is 0 Å². The Morgan fingerprint density at radius 1 is 0.500 bits per heavy atom. The molecule has 0 aliphatic heterocycles. The van der Waals surface area contributed by atoms with E-state index >= 15 is 0 Å². The van der Waals surface area contributed by atoms with Gasteiger partial charge in [0.05, 0.1) is 4.90 Å². The second kappa shape index (κ2) is 8.36. The van der Waals surface area contributed by atoms with Crippen LogP contribution in [0.1, 0.15) is 0 Å². The van der Waals surface area contributed by atoms with Crippen molar-refractivity contribution in [1.29, 1.82) is 0 Å². The van der Waals surface area contributed by atoms with E-state index in [1.165, 1.54) is 24.3 Å². The zero-order valence-corrected chi connectivity index (χ0v) is 17.6. The molecular formula is C24H20O4S2. The molecule has 0 radical (unpaired) electrons. The molecule has 0 saturated heterocycles. The summed E-state index contributed by atoms with van der Waals surface area (Å²) in [6.07, 6.45) is 0. The highest BCUT2D eigenvalue weighted by atomic mass is 32.3. The second-order valence-electron chi connectivity index (χ2n) is 6.51. The molecule has 0 amide bonds. The predicted molar refractivity (Wildman–Crippen MR) is 118 cm³/mol. The van der Waals surface area contributed by atoms with E-state index in [9.17, 15) is 13.5 Å². The molecule has 4 aromatic rings. The number of phenols is 1. The van der Waals surface area contributed by atoms with Crippen LogP contribution in [0.3, 0.4) is 0 Å². The number of rotatable bonds is 6. The van der Waals surface area contributed by atoms with E-state index < -0.39 is 20.4 Å². The van der Waals surface area contributed by atoms with Gasteiger partial charge >= 0.3 is 10.1 Å². The Morgan fingerprint density at radius 2 is 0.867 bits per heavy atom. The maximum absolute atomic E-state index is 13.4. The summed E-state index contributed by atoms with van der Waals surface area (Å²) in [6.45, 7) is 0. The smallest absolute Gasteiger partial charge is 0.307 e. The van der Waals surface area contributed by atoms with E-state index in [0.29, 0.717) is 0 Å². The first-order valence-electron chi connectivity index (χ1n) is 9.26. The molecule has 4 rings (SSSR count). The average Bonchev–Trinajstić information content (AvgIpc) is 2.79. The maximum Gasteiger partial charge on any atom is 0.307 e. The first-order chi connectivity index (χ1) is 14.5. The van der Waals surface area contributed by atoms with Gasteiger partial charge in [-0.05, 0) is 71.0 Å². The van der Waals surface area contributed by atoms with Gasteiger partial charge in [-0.15, -0.1) is 0 Å². The summed E-state index contributed by atoms with van der Waals surface area (Å²) >= 11 is 0. The number of benzene rings is 4. The van der Waals surface area contributed by atoms with Crippen molar-refractivity contribution in [3.63, 3.8) is 0 Å². The lowest BCUT2D eigenvalue weighted by Crippen LogP contribution is -2.14. The second-order valence-corrected chi connectivity index (χ2v) is 11.0. The van der Waals surface area contributed by atoms with Gasteiger partial charge < -0.3 is 5.11 Å². The topological polar surface area (TPSA) is 63.6 Å². The van der Waals surface area contributed by atoms with Crippen LogP contribution in [0, 0.1) is 0 Å². The third-order valence-electron chi connectivity index (χ3n) is 4.54. The highest BCUT2D eigenvalue weighted by molar-refractivity contribution is 8.33. The minimum atomic E-state index is -4.15. The quantitative estimate of drug-likeness (QED) is 0.403. The monoisotopic (exact) mass is 436 g/mol. The molecule has 0 fully saturated rings. The number of aromatic hydroxyl groups is 1. The largest absolute Gasteiger partial charge is 0.508 e. The normalized spacial score (nSPS) is 12.4. The van der Waals surface area contributed by atoms with Crippen molar-refractivity contribution in [2.75, 3.05) is 0 Å². The van der Waals surface area contributed by atoms with Crippen LogP contribution in [0.5, 0.6) is 5.75 Å². The third kappa shape index (κ3) is 3.85. The van der Waals surface area contributed by atoms with Crippen molar-refractivity contribution in [3.05, 3.63) is 115 Å². The van der Waals surface area contributed by atoms with Crippen molar-refractivity contribution >= 4 is 20.4 Å². The fraction of sp³-hybridized carbons (Fsp3) is 0. The SMILES string of the molecule is O=S(=O)(OS(c1ccccc1)(c1ccccc1)c1ccccc1)c1ccc(O)cc1. The Morgan fingerprint density at radius 3 is 1.23 bits per heavy atom. The molecule has 0 unspecified atom stereocenters. The minimum Gasteiger partial charge on any atom is -0.508 e. The van der Waals surface area contributed by atoms with E-state index in [1.54, 1.807) is 0 Å². The van der Waals surface area contributed by atoms with Gasteiger partial charge in [0.15, 0.2) is 0 Å². The number of hydrogen-bond acceptors (Lipinski definition) is 4. The first-order valence-corrected chi connectivity index (χ1v) is 12.2. The Kier molecular flexibility index (Phi) is 5.63. The fourth-order valence-electron chi connectivity index (χ4n) is 3.15. The molecule has 0 spiro atoms. The van der Waals surface area contributed by atoms with Gasteiger partial charge in [-0.3, -0.25) is 0 Å². The summed E-state index contributed by atoms with van der Waals surface area (Å²) in [5.74, 6) is -0.0123. The molecular weight excluding hydrogens is 416 g/mol. The molecule has 0 bridgehead atoms. The van der Waals surface area contributed by atoms with Gasteiger partial charge in [0.25, 0.3) is 0 Å². The van der Waals surface area contributed by atoms with E-state index in [4.69, 9.17) is 3.63 Å². The highest BCUT2D eigenvalue weighted by Crippen LogP contribution is 2.70. The van der Waals surface area contributed by atoms with E-state index in [2.05, 4.69) is 0 Å². The summed E-state index contributed by atoms with van der Waals surface area (Å²) in [5.41, 5.74) is 0. The van der Waals surface area contributed by atoms with Crippen LogP contribution in [0.2, 0.25) is 0 Å². The maximum atomic E-state index is 13.4. The molecule has 1 N–H and O–H groups in total. The van der Waals surface area contributed by atoms with Gasteiger partial charge in [0.2, 0.25) is 0 Å². The van der Waals surface area contributed by atoms with Gasteiger partial charge in [0, 0.05) is 14.7 Å². The summed E-state index contributed by atoms with van der Waals surface area (Å²) in [6, 6.07) is 33.6. The van der Waals surface area contributed by atoms with Crippen molar-refractivity contribution in [3.8, 4) is 5.75 Å². The molecule has 0 aromatic heterocycles. The standard InChI is InChI=1S/C24H20O4S2/c25-20-16-18-24(19-17-20)30(26,27)28-29(21-10-4-1-5-11-21,22-12-6-2-7-13-22)23-14-8-3-9-15-23/h1-19,25H. The van der Waals surface area contributed by atoms with Crippen molar-refractivity contribution in [2.45, 2.75) is 19.6 Å². The molecule has 152 valence electrons. The molecule has 0 atom stereocenters. The lowest BCUT2D eigenvalue weighted by molar-refractivity contribution is 0.474. The molecule has 4 nitrogen and oxygen atoms in total. The van der Waals surface area contributed by atoms with Crippen molar-refractivity contribution < 1.29 is 17.2 Å². The first kappa shape index (κ1) is 20.2. The summed E-state index contributed by atoms with van der Waals surface area (Å²) in [7, 11) is -6.75.